The second-order valence-corrected chi connectivity index (χ2v) is 13.5. The van der Waals surface area contributed by atoms with Crippen LogP contribution in [0.2, 0.25) is 0 Å². The minimum atomic E-state index is -1.69. The third-order valence-electron chi connectivity index (χ3n) is 8.66. The first kappa shape index (κ1) is 36.9. The third kappa shape index (κ3) is 9.59. The van der Waals surface area contributed by atoms with E-state index in [1.54, 1.807) is 12.1 Å². The number of hydrogen-bond donors (Lipinski definition) is 4. The van der Waals surface area contributed by atoms with Crippen molar-refractivity contribution in [3.05, 3.63) is 118 Å². The highest BCUT2D eigenvalue weighted by molar-refractivity contribution is 5.92. The lowest BCUT2D eigenvalue weighted by Crippen LogP contribution is -2.28. The number of cyclic esters (lactones) is 1. The van der Waals surface area contributed by atoms with E-state index < -0.39 is 11.6 Å². The summed E-state index contributed by atoms with van der Waals surface area (Å²) in [6, 6.07) is 10.0. The van der Waals surface area contributed by atoms with E-state index in [0.717, 1.165) is 25.7 Å². The lowest BCUT2D eigenvalue weighted by molar-refractivity contribution is -0.145. The molecule has 0 spiro atoms. The van der Waals surface area contributed by atoms with Gasteiger partial charge in [0, 0.05) is 5.57 Å². The summed E-state index contributed by atoms with van der Waals surface area (Å²) in [6.45, 7) is 12.5. The molecule has 4 rings (SSSR count). The molecule has 260 valence electrons. The molecule has 2 aromatic carbocycles. The quantitative estimate of drug-likeness (QED) is 0.0723. The molecule has 0 bridgehead atoms. The summed E-state index contributed by atoms with van der Waals surface area (Å²) < 4.78 is 12.7. The minimum Gasteiger partial charge on any atom is -0.508 e. The van der Waals surface area contributed by atoms with Crippen molar-refractivity contribution in [2.75, 3.05) is 0 Å². The van der Waals surface area contributed by atoms with Gasteiger partial charge in [-0.3, -0.25) is 0 Å². The number of ether oxygens (including phenoxy) is 1. The molecule has 1 aliphatic rings. The molecular weight excluding hydrogens is 616 g/mol. The van der Waals surface area contributed by atoms with Gasteiger partial charge in [-0.2, -0.15) is 0 Å². The zero-order valence-electron chi connectivity index (χ0n) is 29.6. The standard InChI is InChI=1S/C42H50O7/c1-27(2)11-7-13-29(5)15-9-17-31-23-39(35-24-33(43)19-21-37(35)45)48-40(31)42(36-25-34(44)20-22-38(36)46)26-32(41(47)49-42)18-10-16-30(6)14-8-12-28(3)4/h11-12,15-16,19-26,43-46H,7-10,13-14,17-18H2,1-6H3/b29-15+,30-16-/t42-/m1/s1. The van der Waals surface area contributed by atoms with Crippen molar-refractivity contribution in [1.29, 1.82) is 0 Å². The average molecular weight is 667 g/mol. The van der Waals surface area contributed by atoms with Gasteiger partial charge in [-0.25, -0.2) is 4.79 Å². The minimum absolute atomic E-state index is 0.0544. The molecule has 0 amide bonds. The van der Waals surface area contributed by atoms with Crippen LogP contribution in [0.4, 0.5) is 0 Å². The first-order valence-electron chi connectivity index (χ1n) is 17.0. The molecule has 7 heteroatoms. The van der Waals surface area contributed by atoms with Crippen molar-refractivity contribution < 1.29 is 34.4 Å². The normalized spacial score (nSPS) is 16.4. The van der Waals surface area contributed by atoms with E-state index >= 15 is 0 Å². The van der Waals surface area contributed by atoms with Crippen LogP contribution in [0, 0.1) is 0 Å². The van der Waals surface area contributed by atoms with E-state index in [-0.39, 0.29) is 45.6 Å². The van der Waals surface area contributed by atoms with Gasteiger partial charge >= 0.3 is 5.97 Å². The first-order chi connectivity index (χ1) is 23.3. The van der Waals surface area contributed by atoms with Crippen molar-refractivity contribution in [3.63, 3.8) is 0 Å². The van der Waals surface area contributed by atoms with Gasteiger partial charge in [0.25, 0.3) is 0 Å². The summed E-state index contributed by atoms with van der Waals surface area (Å²) in [7, 11) is 0. The number of aryl methyl sites for hydroxylation is 1. The topological polar surface area (TPSA) is 120 Å². The maximum Gasteiger partial charge on any atom is 0.335 e. The lowest BCUT2D eigenvalue weighted by atomic mass is 9.86. The van der Waals surface area contributed by atoms with Crippen LogP contribution < -0.4 is 0 Å². The fourth-order valence-electron chi connectivity index (χ4n) is 6.02. The number of phenolic OH excluding ortho intramolecular Hbond substituents is 4. The molecule has 0 radical (unpaired) electrons. The van der Waals surface area contributed by atoms with Gasteiger partial charge in [-0.1, -0.05) is 46.6 Å². The molecule has 0 unspecified atom stereocenters. The molecular formula is C42H50O7. The third-order valence-corrected chi connectivity index (χ3v) is 8.66. The van der Waals surface area contributed by atoms with E-state index in [1.807, 2.05) is 0 Å². The molecule has 4 N–H and O–H groups in total. The molecule has 0 saturated heterocycles. The van der Waals surface area contributed by atoms with Crippen molar-refractivity contribution in [2.45, 2.75) is 98.5 Å². The van der Waals surface area contributed by atoms with Crippen LogP contribution in [0.1, 0.15) is 103 Å². The van der Waals surface area contributed by atoms with E-state index in [4.69, 9.17) is 9.15 Å². The number of furan rings is 1. The zero-order valence-corrected chi connectivity index (χ0v) is 29.6. The van der Waals surface area contributed by atoms with Gasteiger partial charge < -0.3 is 29.6 Å². The van der Waals surface area contributed by atoms with Gasteiger partial charge in [0.2, 0.25) is 5.60 Å². The van der Waals surface area contributed by atoms with E-state index in [1.165, 1.54) is 58.7 Å². The number of carbonyl (C=O) groups is 1. The van der Waals surface area contributed by atoms with Crippen LogP contribution in [-0.4, -0.2) is 26.4 Å². The Labute approximate surface area is 290 Å². The fourth-order valence-corrected chi connectivity index (χ4v) is 6.02. The highest BCUT2D eigenvalue weighted by Crippen LogP contribution is 2.50. The molecule has 49 heavy (non-hydrogen) atoms. The van der Waals surface area contributed by atoms with Gasteiger partial charge in [0.05, 0.1) is 11.1 Å². The van der Waals surface area contributed by atoms with Crippen LogP contribution in [0.3, 0.4) is 0 Å². The Balaban J connectivity index is 1.79. The molecule has 7 nitrogen and oxygen atoms in total. The number of esters is 1. The van der Waals surface area contributed by atoms with Crippen LogP contribution in [0.15, 0.2) is 105 Å². The molecule has 2 heterocycles. The van der Waals surface area contributed by atoms with Crippen LogP contribution in [0.25, 0.3) is 11.3 Å². The average Bonchev–Trinajstić information content (AvgIpc) is 3.61. The maximum absolute atomic E-state index is 13.6. The summed E-state index contributed by atoms with van der Waals surface area (Å²) in [6.07, 6.45) is 16.4. The Kier molecular flexibility index (Phi) is 12.4. The largest absolute Gasteiger partial charge is 0.508 e. The number of benzene rings is 2. The van der Waals surface area contributed by atoms with Gasteiger partial charge in [-0.05, 0) is 147 Å². The Hall–Kier alpha value is -4.91. The number of phenols is 4. The lowest BCUT2D eigenvalue weighted by Gasteiger charge is -2.27. The maximum atomic E-state index is 13.6. The van der Waals surface area contributed by atoms with Gasteiger partial charge in [0.1, 0.15) is 28.8 Å². The predicted molar refractivity (Wildman–Crippen MR) is 195 cm³/mol. The van der Waals surface area contributed by atoms with E-state index in [9.17, 15) is 25.2 Å². The van der Waals surface area contributed by atoms with Crippen molar-refractivity contribution >= 4 is 5.97 Å². The van der Waals surface area contributed by atoms with E-state index in [2.05, 4.69) is 65.8 Å². The molecule has 0 fully saturated rings. The number of aromatic hydroxyl groups is 4. The van der Waals surface area contributed by atoms with Gasteiger partial charge in [-0.15, -0.1) is 0 Å². The molecule has 3 aromatic rings. The Morgan fingerprint density at radius 2 is 1.27 bits per heavy atom. The summed E-state index contributed by atoms with van der Waals surface area (Å²) in [4.78, 5) is 13.6. The van der Waals surface area contributed by atoms with Crippen LogP contribution in [0.5, 0.6) is 23.0 Å². The first-order valence-corrected chi connectivity index (χ1v) is 17.0. The highest BCUT2D eigenvalue weighted by Gasteiger charge is 2.49. The number of rotatable bonds is 15. The zero-order chi connectivity index (χ0) is 35.7. The number of hydrogen-bond acceptors (Lipinski definition) is 7. The smallest absolute Gasteiger partial charge is 0.335 e. The summed E-state index contributed by atoms with van der Waals surface area (Å²) >= 11 is 0. The number of allylic oxidation sites excluding steroid dienone is 8. The Morgan fingerprint density at radius 1 is 0.694 bits per heavy atom. The van der Waals surface area contributed by atoms with Crippen LogP contribution >= 0.6 is 0 Å². The highest BCUT2D eigenvalue weighted by atomic mass is 16.6. The molecule has 1 atom stereocenters. The number of carbonyl (C=O) groups excluding carboxylic acids is 1. The Morgan fingerprint density at radius 3 is 1.88 bits per heavy atom. The SMILES string of the molecule is CC(C)=CCC/C(C)=C\CCC1=C[C@@](c2cc(O)ccc2O)(c2oc(-c3cc(O)ccc3O)cc2CC/C=C(\C)CCC=C(C)C)OC1=O. The second-order valence-electron chi connectivity index (χ2n) is 13.5. The molecule has 1 aliphatic heterocycles. The fraction of sp³-hybridized carbons (Fsp3) is 0.357. The summed E-state index contributed by atoms with van der Waals surface area (Å²) in [5.41, 5.74) is 4.87. The molecule has 1 aromatic heterocycles. The molecule has 0 aliphatic carbocycles. The molecule has 0 saturated carbocycles. The van der Waals surface area contributed by atoms with Crippen molar-refractivity contribution in [3.8, 4) is 34.3 Å². The monoisotopic (exact) mass is 666 g/mol. The summed E-state index contributed by atoms with van der Waals surface area (Å²) in [5.74, 6) is -0.488. The van der Waals surface area contributed by atoms with Crippen LogP contribution in [-0.2, 0) is 21.6 Å². The predicted octanol–water partition coefficient (Wildman–Crippen LogP) is 10.6. The van der Waals surface area contributed by atoms with E-state index in [0.29, 0.717) is 36.8 Å². The van der Waals surface area contributed by atoms with Gasteiger partial charge in [0.15, 0.2) is 5.76 Å². The second kappa shape index (κ2) is 16.5. The van der Waals surface area contributed by atoms with Crippen molar-refractivity contribution in [1.82, 2.24) is 0 Å². The summed E-state index contributed by atoms with van der Waals surface area (Å²) in [5, 5.41) is 42.7. The Bertz CT molecular complexity index is 1810. The van der Waals surface area contributed by atoms with Crippen molar-refractivity contribution in [2.24, 2.45) is 0 Å².